The molecule has 22 heavy (non-hydrogen) atoms. The van der Waals surface area contributed by atoms with Crippen molar-refractivity contribution in [1.82, 2.24) is 4.90 Å². The molecule has 1 aliphatic heterocycles. The Kier molecular flexibility index (Phi) is 4.96. The lowest BCUT2D eigenvalue weighted by Crippen LogP contribution is -2.43. The molecule has 0 aliphatic carbocycles. The minimum atomic E-state index is -4.18. The average Bonchev–Trinajstić information content (AvgIpc) is 2.52. The van der Waals surface area contributed by atoms with Gasteiger partial charge in [0, 0.05) is 18.7 Å². The molecule has 0 N–H and O–H groups in total. The van der Waals surface area contributed by atoms with Gasteiger partial charge in [0.2, 0.25) is 0 Å². The number of terminal acetylenes is 1. The zero-order valence-electron chi connectivity index (χ0n) is 11.9. The van der Waals surface area contributed by atoms with Gasteiger partial charge in [0.05, 0.1) is 5.92 Å². The quantitative estimate of drug-likeness (QED) is 0.803. The molecule has 2 rings (SSSR count). The summed E-state index contributed by atoms with van der Waals surface area (Å²) < 4.78 is 43.0. The zero-order valence-corrected chi connectivity index (χ0v) is 11.9. The number of hydrogen-bond donors (Lipinski definition) is 0. The van der Waals surface area contributed by atoms with E-state index >= 15 is 0 Å². The minimum Gasteiger partial charge on any atom is -0.484 e. The molecular formula is C16H16F3NO2. The molecule has 118 valence electrons. The van der Waals surface area contributed by atoms with Crippen LogP contribution >= 0.6 is 0 Å². The van der Waals surface area contributed by atoms with Gasteiger partial charge in [-0.25, -0.2) is 0 Å². The van der Waals surface area contributed by atoms with Crippen LogP contribution in [0.2, 0.25) is 0 Å². The summed E-state index contributed by atoms with van der Waals surface area (Å²) >= 11 is 0. The van der Waals surface area contributed by atoms with E-state index in [9.17, 15) is 18.0 Å². The standard InChI is InChI=1S/C16H16F3NO2/c1-2-12-4-3-5-14(10-12)22-11-15(21)20-8-6-13(7-9-20)16(17,18)19/h1,3-5,10,13H,6-9,11H2. The summed E-state index contributed by atoms with van der Waals surface area (Å²) in [4.78, 5) is 13.4. The Morgan fingerprint density at radius 2 is 2.05 bits per heavy atom. The van der Waals surface area contributed by atoms with Gasteiger partial charge in [-0.2, -0.15) is 13.2 Å². The van der Waals surface area contributed by atoms with Gasteiger partial charge in [-0.15, -0.1) is 6.42 Å². The van der Waals surface area contributed by atoms with Crippen LogP contribution in [0.15, 0.2) is 24.3 Å². The van der Waals surface area contributed by atoms with Crippen molar-refractivity contribution < 1.29 is 22.7 Å². The summed E-state index contributed by atoms with van der Waals surface area (Å²) in [7, 11) is 0. The van der Waals surface area contributed by atoms with Crippen molar-refractivity contribution in [1.29, 1.82) is 0 Å². The fourth-order valence-corrected chi connectivity index (χ4v) is 2.37. The van der Waals surface area contributed by atoms with Crippen LogP contribution in [-0.2, 0) is 4.79 Å². The number of benzene rings is 1. The second-order valence-electron chi connectivity index (χ2n) is 5.16. The van der Waals surface area contributed by atoms with E-state index in [1.807, 2.05) is 0 Å². The van der Waals surface area contributed by atoms with E-state index in [4.69, 9.17) is 11.2 Å². The fourth-order valence-electron chi connectivity index (χ4n) is 2.37. The third-order valence-corrected chi connectivity index (χ3v) is 3.67. The first kappa shape index (κ1) is 16.2. The number of carbonyl (C=O) groups is 1. The first-order chi connectivity index (χ1) is 10.4. The predicted octanol–water partition coefficient (Wildman–Crippen LogP) is 2.85. The van der Waals surface area contributed by atoms with Crippen molar-refractivity contribution in [2.45, 2.75) is 19.0 Å². The van der Waals surface area contributed by atoms with E-state index in [0.717, 1.165) is 0 Å². The lowest BCUT2D eigenvalue weighted by Gasteiger charge is -2.32. The lowest BCUT2D eigenvalue weighted by atomic mass is 9.96. The summed E-state index contributed by atoms with van der Waals surface area (Å²) in [5.41, 5.74) is 0.635. The Hall–Kier alpha value is -2.16. The van der Waals surface area contributed by atoms with Crippen molar-refractivity contribution in [2.75, 3.05) is 19.7 Å². The number of likely N-dealkylation sites (tertiary alicyclic amines) is 1. The van der Waals surface area contributed by atoms with Crippen LogP contribution in [0.25, 0.3) is 0 Å². The highest BCUT2D eigenvalue weighted by Gasteiger charge is 2.41. The van der Waals surface area contributed by atoms with E-state index in [0.29, 0.717) is 11.3 Å². The summed E-state index contributed by atoms with van der Waals surface area (Å²) in [6, 6.07) is 6.74. The van der Waals surface area contributed by atoms with E-state index in [-0.39, 0.29) is 38.4 Å². The molecule has 1 aromatic carbocycles. The molecule has 1 fully saturated rings. The minimum absolute atomic E-state index is 0.0538. The predicted molar refractivity (Wildman–Crippen MR) is 75.2 cm³/mol. The van der Waals surface area contributed by atoms with Crippen molar-refractivity contribution in [2.24, 2.45) is 5.92 Å². The molecule has 1 aliphatic rings. The number of hydrogen-bond acceptors (Lipinski definition) is 2. The van der Waals surface area contributed by atoms with Crippen molar-refractivity contribution in [3.63, 3.8) is 0 Å². The second-order valence-corrected chi connectivity index (χ2v) is 5.16. The Labute approximate surface area is 127 Å². The highest BCUT2D eigenvalue weighted by Crippen LogP contribution is 2.34. The van der Waals surface area contributed by atoms with Gasteiger partial charge in [-0.3, -0.25) is 4.79 Å². The van der Waals surface area contributed by atoms with Gasteiger partial charge in [0.15, 0.2) is 6.61 Å². The van der Waals surface area contributed by atoms with Crippen LogP contribution in [0, 0.1) is 18.3 Å². The van der Waals surface area contributed by atoms with Gasteiger partial charge in [0.25, 0.3) is 5.91 Å². The SMILES string of the molecule is C#Cc1cccc(OCC(=O)N2CCC(C(F)(F)F)CC2)c1. The monoisotopic (exact) mass is 311 g/mol. The van der Waals surface area contributed by atoms with E-state index < -0.39 is 12.1 Å². The first-order valence-corrected chi connectivity index (χ1v) is 6.94. The van der Waals surface area contributed by atoms with Gasteiger partial charge in [-0.05, 0) is 31.0 Å². The van der Waals surface area contributed by atoms with E-state index in [1.165, 1.54) is 4.90 Å². The zero-order chi connectivity index (χ0) is 16.2. The summed E-state index contributed by atoms with van der Waals surface area (Å²) in [6.07, 6.45) is 0.980. The molecule has 0 bridgehead atoms. The number of amides is 1. The number of ether oxygens (including phenoxy) is 1. The number of carbonyl (C=O) groups excluding carboxylic acids is 1. The molecule has 1 amide bonds. The molecule has 0 spiro atoms. The molecule has 0 atom stereocenters. The molecule has 1 heterocycles. The Balaban J connectivity index is 1.82. The Morgan fingerprint density at radius 3 is 2.64 bits per heavy atom. The van der Waals surface area contributed by atoms with Crippen LogP contribution in [-0.4, -0.2) is 36.7 Å². The van der Waals surface area contributed by atoms with Crippen LogP contribution in [0.5, 0.6) is 5.75 Å². The summed E-state index contributed by atoms with van der Waals surface area (Å²) in [5, 5.41) is 0. The molecule has 1 saturated heterocycles. The highest BCUT2D eigenvalue weighted by atomic mass is 19.4. The van der Waals surface area contributed by atoms with E-state index in [1.54, 1.807) is 24.3 Å². The Bertz CT molecular complexity index is 569. The van der Waals surface area contributed by atoms with Crippen LogP contribution in [0.1, 0.15) is 18.4 Å². The maximum absolute atomic E-state index is 12.6. The van der Waals surface area contributed by atoms with Crippen LogP contribution in [0.3, 0.4) is 0 Å². The summed E-state index contributed by atoms with van der Waals surface area (Å²) in [6.45, 7) is 0.0121. The maximum Gasteiger partial charge on any atom is 0.391 e. The molecule has 0 aromatic heterocycles. The third-order valence-electron chi connectivity index (χ3n) is 3.67. The maximum atomic E-state index is 12.6. The average molecular weight is 311 g/mol. The molecule has 0 radical (unpaired) electrons. The van der Waals surface area contributed by atoms with E-state index in [2.05, 4.69) is 5.92 Å². The van der Waals surface area contributed by atoms with Crippen molar-refractivity contribution in [3.05, 3.63) is 29.8 Å². The van der Waals surface area contributed by atoms with Gasteiger partial charge in [-0.1, -0.05) is 12.0 Å². The molecule has 6 heteroatoms. The van der Waals surface area contributed by atoms with Crippen molar-refractivity contribution in [3.8, 4) is 18.1 Å². The highest BCUT2D eigenvalue weighted by molar-refractivity contribution is 5.77. The van der Waals surface area contributed by atoms with Gasteiger partial charge < -0.3 is 9.64 Å². The fraction of sp³-hybridized carbons (Fsp3) is 0.438. The molecule has 0 saturated carbocycles. The van der Waals surface area contributed by atoms with Crippen LogP contribution in [0.4, 0.5) is 13.2 Å². The molecular weight excluding hydrogens is 295 g/mol. The number of alkyl halides is 3. The Morgan fingerprint density at radius 1 is 1.36 bits per heavy atom. The number of nitrogens with zero attached hydrogens (tertiary/aromatic N) is 1. The lowest BCUT2D eigenvalue weighted by molar-refractivity contribution is -0.186. The van der Waals surface area contributed by atoms with Gasteiger partial charge >= 0.3 is 6.18 Å². The van der Waals surface area contributed by atoms with Crippen molar-refractivity contribution >= 4 is 5.91 Å². The smallest absolute Gasteiger partial charge is 0.391 e. The van der Waals surface area contributed by atoms with Gasteiger partial charge in [0.1, 0.15) is 5.75 Å². The number of halogens is 3. The second kappa shape index (κ2) is 6.73. The first-order valence-electron chi connectivity index (χ1n) is 6.94. The molecule has 1 aromatic rings. The number of rotatable bonds is 3. The largest absolute Gasteiger partial charge is 0.484 e. The van der Waals surface area contributed by atoms with Crippen LogP contribution < -0.4 is 4.74 Å². The summed E-state index contributed by atoms with van der Waals surface area (Å²) in [5.74, 6) is 1.29. The molecule has 3 nitrogen and oxygen atoms in total. The molecule has 0 unspecified atom stereocenters. The third kappa shape index (κ3) is 4.17. The topological polar surface area (TPSA) is 29.5 Å². The normalized spacial score (nSPS) is 16.2. The number of piperidine rings is 1.